The van der Waals surface area contributed by atoms with Crippen molar-refractivity contribution in [1.82, 2.24) is 9.55 Å². The number of thioether (sulfide) groups is 1. The maximum absolute atomic E-state index is 5.02. The number of fused-ring (bicyclic) bond motifs is 1. The molecule has 170 valence electrons. The average molecular weight is 447 g/mol. The Morgan fingerprint density at radius 3 is 2.62 bits per heavy atom. The summed E-state index contributed by atoms with van der Waals surface area (Å²) in [5.74, 6) is 3.16. The summed E-state index contributed by atoms with van der Waals surface area (Å²) in [6.07, 6.45) is 14.0. The minimum atomic E-state index is 0.629. The number of aryl methyl sites for hydroxylation is 2. The summed E-state index contributed by atoms with van der Waals surface area (Å²) in [7, 11) is 0. The maximum atomic E-state index is 5.02. The average Bonchev–Trinajstić information content (AvgIpc) is 3.57. The van der Waals surface area contributed by atoms with E-state index >= 15 is 0 Å². The van der Waals surface area contributed by atoms with Crippen LogP contribution in [-0.4, -0.2) is 15.3 Å². The number of hydrogen-bond donors (Lipinski definition) is 0. The Labute approximate surface area is 198 Å². The molecule has 1 unspecified atom stereocenters. The van der Waals surface area contributed by atoms with Crippen molar-refractivity contribution in [3.05, 3.63) is 47.7 Å². The second kappa shape index (κ2) is 9.63. The maximum Gasteiger partial charge on any atom is 0.0870 e. The first-order valence-electron chi connectivity index (χ1n) is 12.9. The number of hydrogen-bond acceptors (Lipinski definition) is 2. The first kappa shape index (κ1) is 22.1. The van der Waals surface area contributed by atoms with Crippen LogP contribution in [0.15, 0.2) is 41.4 Å². The van der Waals surface area contributed by atoms with E-state index in [9.17, 15) is 0 Å². The SMILES string of the molecule is CCCc1c(-c2ccc(SCCCC(C)C3CC3)cn2)n(C2CCC2)c2cc(C)ccc12. The summed E-state index contributed by atoms with van der Waals surface area (Å²) in [6, 6.07) is 12.2. The van der Waals surface area contributed by atoms with Gasteiger partial charge in [-0.15, -0.1) is 11.8 Å². The lowest BCUT2D eigenvalue weighted by Crippen LogP contribution is -2.18. The first-order valence-corrected chi connectivity index (χ1v) is 13.9. The summed E-state index contributed by atoms with van der Waals surface area (Å²) < 4.78 is 2.64. The van der Waals surface area contributed by atoms with E-state index in [4.69, 9.17) is 4.98 Å². The molecule has 2 fully saturated rings. The minimum absolute atomic E-state index is 0.629. The molecular weight excluding hydrogens is 408 g/mol. The Bertz CT molecular complexity index is 1060. The molecule has 2 aromatic heterocycles. The van der Waals surface area contributed by atoms with Gasteiger partial charge in [0.05, 0.1) is 11.4 Å². The van der Waals surface area contributed by atoms with Crippen LogP contribution >= 0.6 is 11.8 Å². The molecule has 5 rings (SSSR count). The molecular formula is C29H38N2S. The van der Waals surface area contributed by atoms with Gasteiger partial charge >= 0.3 is 0 Å². The molecule has 0 radical (unpaired) electrons. The molecule has 2 aliphatic rings. The van der Waals surface area contributed by atoms with Crippen LogP contribution in [0.25, 0.3) is 22.3 Å². The standard InChI is InChI=1S/C29H38N2S/c1-4-7-26-25-15-11-20(2)18-28(25)31(23-9-5-10-23)29(26)27-16-14-24(19-30-27)32-17-6-8-21(3)22-12-13-22/h11,14-16,18-19,21-23H,4-10,12-13,17H2,1-3H3. The third-order valence-corrected chi connectivity index (χ3v) is 8.75. The van der Waals surface area contributed by atoms with Crippen molar-refractivity contribution in [1.29, 1.82) is 0 Å². The van der Waals surface area contributed by atoms with Crippen LogP contribution in [0.2, 0.25) is 0 Å². The van der Waals surface area contributed by atoms with Crippen LogP contribution in [0, 0.1) is 18.8 Å². The third-order valence-electron chi connectivity index (χ3n) is 7.68. The van der Waals surface area contributed by atoms with Crippen LogP contribution in [0.3, 0.4) is 0 Å². The van der Waals surface area contributed by atoms with Crippen LogP contribution in [0.4, 0.5) is 0 Å². The third kappa shape index (κ3) is 4.51. The van der Waals surface area contributed by atoms with Gasteiger partial charge < -0.3 is 4.57 Å². The molecule has 0 spiro atoms. The summed E-state index contributed by atoms with van der Waals surface area (Å²) in [5, 5.41) is 1.43. The molecule has 0 bridgehead atoms. The smallest absolute Gasteiger partial charge is 0.0870 e. The molecule has 3 aromatic rings. The number of aromatic nitrogens is 2. The van der Waals surface area contributed by atoms with Crippen LogP contribution in [0.1, 0.15) is 82.4 Å². The van der Waals surface area contributed by atoms with E-state index in [-0.39, 0.29) is 0 Å². The number of nitrogens with zero attached hydrogens (tertiary/aromatic N) is 2. The van der Waals surface area contributed by atoms with Gasteiger partial charge in [0.25, 0.3) is 0 Å². The molecule has 2 heterocycles. The Kier molecular flexibility index (Phi) is 6.64. The van der Waals surface area contributed by atoms with Gasteiger partial charge in [0, 0.05) is 28.0 Å². The van der Waals surface area contributed by atoms with Gasteiger partial charge in [0.15, 0.2) is 0 Å². The molecule has 2 nitrogen and oxygen atoms in total. The molecule has 0 aliphatic heterocycles. The fourth-order valence-electron chi connectivity index (χ4n) is 5.40. The second-order valence-corrected chi connectivity index (χ2v) is 11.4. The summed E-state index contributed by atoms with van der Waals surface area (Å²) >= 11 is 1.98. The number of benzene rings is 1. The van der Waals surface area contributed by atoms with Crippen molar-refractivity contribution in [3.63, 3.8) is 0 Å². The molecule has 0 saturated heterocycles. The zero-order chi connectivity index (χ0) is 22.1. The van der Waals surface area contributed by atoms with E-state index in [2.05, 4.69) is 61.9 Å². The predicted molar refractivity (Wildman–Crippen MR) is 139 cm³/mol. The molecule has 0 amide bonds. The van der Waals surface area contributed by atoms with Gasteiger partial charge in [-0.2, -0.15) is 0 Å². The van der Waals surface area contributed by atoms with E-state index in [0.717, 1.165) is 30.4 Å². The lowest BCUT2D eigenvalue weighted by Gasteiger charge is -2.30. The highest BCUT2D eigenvalue weighted by molar-refractivity contribution is 7.99. The van der Waals surface area contributed by atoms with E-state index in [1.54, 1.807) is 0 Å². The zero-order valence-corrected chi connectivity index (χ0v) is 20.9. The minimum Gasteiger partial charge on any atom is -0.336 e. The van der Waals surface area contributed by atoms with Crippen molar-refractivity contribution < 1.29 is 0 Å². The monoisotopic (exact) mass is 446 g/mol. The van der Waals surface area contributed by atoms with Crippen LogP contribution < -0.4 is 0 Å². The molecule has 32 heavy (non-hydrogen) atoms. The largest absolute Gasteiger partial charge is 0.336 e. The van der Waals surface area contributed by atoms with Crippen molar-refractivity contribution in [2.75, 3.05) is 5.75 Å². The van der Waals surface area contributed by atoms with Gasteiger partial charge in [-0.1, -0.05) is 32.4 Å². The predicted octanol–water partition coefficient (Wildman–Crippen LogP) is 8.61. The first-order chi connectivity index (χ1) is 15.7. The van der Waals surface area contributed by atoms with Crippen molar-refractivity contribution >= 4 is 22.7 Å². The molecule has 2 saturated carbocycles. The van der Waals surface area contributed by atoms with Gasteiger partial charge in [-0.3, -0.25) is 4.98 Å². The van der Waals surface area contributed by atoms with Crippen molar-refractivity contribution in [2.24, 2.45) is 11.8 Å². The highest BCUT2D eigenvalue weighted by Crippen LogP contribution is 2.43. The fourth-order valence-corrected chi connectivity index (χ4v) is 6.24. The number of rotatable bonds is 10. The normalized spacial score (nSPS) is 17.6. The molecule has 1 aromatic carbocycles. The highest BCUT2D eigenvalue weighted by Gasteiger charge is 2.28. The Hall–Kier alpha value is -1.74. The van der Waals surface area contributed by atoms with Gasteiger partial charge in [0.2, 0.25) is 0 Å². The van der Waals surface area contributed by atoms with Gasteiger partial charge in [-0.05, 0) is 105 Å². The quantitative estimate of drug-likeness (QED) is 0.229. The molecule has 3 heteroatoms. The second-order valence-electron chi connectivity index (χ2n) is 10.2. The zero-order valence-electron chi connectivity index (χ0n) is 20.1. The molecule has 1 atom stereocenters. The lowest BCUT2D eigenvalue weighted by molar-refractivity contribution is 0.323. The van der Waals surface area contributed by atoms with Gasteiger partial charge in [0.1, 0.15) is 0 Å². The van der Waals surface area contributed by atoms with E-state index in [1.807, 2.05) is 11.8 Å². The summed E-state index contributed by atoms with van der Waals surface area (Å²) in [6.45, 7) is 6.95. The summed E-state index contributed by atoms with van der Waals surface area (Å²) in [4.78, 5) is 6.33. The summed E-state index contributed by atoms with van der Waals surface area (Å²) in [5.41, 5.74) is 6.79. The van der Waals surface area contributed by atoms with Gasteiger partial charge in [-0.25, -0.2) is 0 Å². The fraction of sp³-hybridized carbons (Fsp3) is 0.552. The molecule has 0 N–H and O–H groups in total. The Morgan fingerprint density at radius 2 is 1.97 bits per heavy atom. The Morgan fingerprint density at radius 1 is 1.12 bits per heavy atom. The van der Waals surface area contributed by atoms with E-state index in [0.29, 0.717) is 6.04 Å². The van der Waals surface area contributed by atoms with E-state index < -0.39 is 0 Å². The highest BCUT2D eigenvalue weighted by atomic mass is 32.2. The topological polar surface area (TPSA) is 17.8 Å². The number of pyridine rings is 1. The van der Waals surface area contributed by atoms with E-state index in [1.165, 1.54) is 83.3 Å². The van der Waals surface area contributed by atoms with Crippen LogP contribution in [0.5, 0.6) is 0 Å². The molecule has 2 aliphatic carbocycles. The Balaban J connectivity index is 1.40. The van der Waals surface area contributed by atoms with Crippen molar-refractivity contribution in [3.8, 4) is 11.4 Å². The lowest BCUT2D eigenvalue weighted by atomic mass is 9.92. The van der Waals surface area contributed by atoms with Crippen molar-refractivity contribution in [2.45, 2.75) is 89.5 Å². The van der Waals surface area contributed by atoms with Crippen LogP contribution in [-0.2, 0) is 6.42 Å².